The van der Waals surface area contributed by atoms with Gasteiger partial charge in [-0.3, -0.25) is 14.4 Å². The molecule has 1 unspecified atom stereocenters. The molecule has 0 N–H and O–H groups in total. The predicted octanol–water partition coefficient (Wildman–Crippen LogP) is 22.0. The zero-order valence-corrected chi connectivity index (χ0v) is 50.2. The van der Waals surface area contributed by atoms with Gasteiger partial charge in [-0.1, -0.05) is 277 Å². The van der Waals surface area contributed by atoms with Gasteiger partial charge in [0.1, 0.15) is 13.2 Å². The van der Waals surface area contributed by atoms with Gasteiger partial charge in [0, 0.05) is 19.3 Å². The van der Waals surface area contributed by atoms with Crippen molar-refractivity contribution in [1.29, 1.82) is 0 Å². The Morgan fingerprint density at radius 1 is 0.273 bits per heavy atom. The maximum atomic E-state index is 12.8. The molecule has 0 bridgehead atoms. The highest BCUT2D eigenvalue weighted by Crippen LogP contribution is 2.16. The van der Waals surface area contributed by atoms with Crippen LogP contribution in [0.15, 0.2) is 122 Å². The van der Waals surface area contributed by atoms with Crippen molar-refractivity contribution in [3.63, 3.8) is 0 Å². The molecule has 0 aromatic heterocycles. The van der Waals surface area contributed by atoms with Gasteiger partial charge in [-0.25, -0.2) is 0 Å². The van der Waals surface area contributed by atoms with Crippen LogP contribution in [0.3, 0.4) is 0 Å². The molecule has 0 saturated carbocycles. The Morgan fingerprint density at radius 2 is 0.506 bits per heavy atom. The van der Waals surface area contributed by atoms with Crippen LogP contribution in [0.1, 0.15) is 290 Å². The first-order valence-electron chi connectivity index (χ1n) is 32.0. The summed E-state index contributed by atoms with van der Waals surface area (Å²) in [7, 11) is 0. The molecular formula is C71H118O6. The largest absolute Gasteiger partial charge is 0.462 e. The van der Waals surface area contributed by atoms with Crippen molar-refractivity contribution in [1.82, 2.24) is 0 Å². The van der Waals surface area contributed by atoms with Gasteiger partial charge in [-0.2, -0.15) is 0 Å². The topological polar surface area (TPSA) is 78.9 Å². The van der Waals surface area contributed by atoms with Crippen LogP contribution in [0.25, 0.3) is 0 Å². The highest BCUT2D eigenvalue weighted by atomic mass is 16.6. The first-order valence-corrected chi connectivity index (χ1v) is 32.0. The third-order valence-electron chi connectivity index (χ3n) is 13.5. The molecule has 6 nitrogen and oxygen atoms in total. The second-order valence-electron chi connectivity index (χ2n) is 20.9. The van der Waals surface area contributed by atoms with Crippen molar-refractivity contribution in [2.45, 2.75) is 297 Å². The predicted molar refractivity (Wildman–Crippen MR) is 334 cm³/mol. The molecule has 0 aliphatic heterocycles. The number of carbonyl (C=O) groups is 3. The summed E-state index contributed by atoms with van der Waals surface area (Å²) in [6.07, 6.45) is 89.7. The Balaban J connectivity index is 4.14. The molecule has 1 atom stereocenters. The van der Waals surface area contributed by atoms with Crippen LogP contribution >= 0.6 is 0 Å². The Morgan fingerprint density at radius 3 is 0.818 bits per heavy atom. The molecule has 0 fully saturated rings. The number of ether oxygens (including phenoxy) is 3. The van der Waals surface area contributed by atoms with E-state index in [1.807, 2.05) is 0 Å². The van der Waals surface area contributed by atoms with E-state index in [9.17, 15) is 14.4 Å². The van der Waals surface area contributed by atoms with E-state index in [-0.39, 0.29) is 31.1 Å². The third kappa shape index (κ3) is 62.5. The monoisotopic (exact) mass is 1070 g/mol. The van der Waals surface area contributed by atoms with Crippen LogP contribution in [0.5, 0.6) is 0 Å². The molecule has 0 saturated heterocycles. The van der Waals surface area contributed by atoms with Crippen LogP contribution in [0.2, 0.25) is 0 Å². The van der Waals surface area contributed by atoms with Gasteiger partial charge in [-0.15, -0.1) is 0 Å². The lowest BCUT2D eigenvalue weighted by molar-refractivity contribution is -0.167. The number of hydrogen-bond acceptors (Lipinski definition) is 6. The van der Waals surface area contributed by atoms with Crippen molar-refractivity contribution in [3.8, 4) is 0 Å². The number of carbonyl (C=O) groups excluding carboxylic acids is 3. The molecule has 0 amide bonds. The third-order valence-corrected chi connectivity index (χ3v) is 13.5. The van der Waals surface area contributed by atoms with Crippen LogP contribution in [0, 0.1) is 0 Å². The fourth-order valence-electron chi connectivity index (χ4n) is 8.67. The average molecular weight is 1070 g/mol. The maximum Gasteiger partial charge on any atom is 0.306 e. The maximum absolute atomic E-state index is 12.8. The number of rotatable bonds is 57. The zero-order chi connectivity index (χ0) is 55.7. The quantitative estimate of drug-likeness (QED) is 0.0261. The van der Waals surface area contributed by atoms with E-state index >= 15 is 0 Å². The van der Waals surface area contributed by atoms with Gasteiger partial charge in [-0.05, 0) is 116 Å². The average Bonchev–Trinajstić information content (AvgIpc) is 3.43. The van der Waals surface area contributed by atoms with E-state index in [1.54, 1.807) is 0 Å². The summed E-state index contributed by atoms with van der Waals surface area (Å²) in [4.78, 5) is 37.9. The molecule has 77 heavy (non-hydrogen) atoms. The SMILES string of the molecule is CC/C=C\C/C=C\C/C=C\C/C=C\C/C=C\C/C=C\C/C=C\C/C=C\CCCCC(=O)OCC(COC(=O)CCCCCCC)OC(=O)CCCCCCCCCCCCCCCCC/C=C\C/C=C\CCCCCCC. The molecule has 0 aliphatic carbocycles. The highest BCUT2D eigenvalue weighted by Gasteiger charge is 2.19. The molecule has 0 spiro atoms. The number of unbranched alkanes of at least 4 members (excludes halogenated alkanes) is 26. The number of esters is 3. The van der Waals surface area contributed by atoms with Crippen molar-refractivity contribution in [2.75, 3.05) is 13.2 Å². The summed E-state index contributed by atoms with van der Waals surface area (Å²) in [6, 6.07) is 0. The van der Waals surface area contributed by atoms with Crippen LogP contribution in [-0.4, -0.2) is 37.2 Å². The summed E-state index contributed by atoms with van der Waals surface area (Å²) < 4.78 is 16.7. The van der Waals surface area contributed by atoms with E-state index in [2.05, 4.69) is 142 Å². The second kappa shape index (κ2) is 64.3. The van der Waals surface area contributed by atoms with Crippen molar-refractivity contribution >= 4 is 17.9 Å². The fourth-order valence-corrected chi connectivity index (χ4v) is 8.67. The highest BCUT2D eigenvalue weighted by molar-refractivity contribution is 5.71. The lowest BCUT2D eigenvalue weighted by Crippen LogP contribution is -2.30. The molecule has 0 aliphatic rings. The second-order valence-corrected chi connectivity index (χ2v) is 20.9. The lowest BCUT2D eigenvalue weighted by atomic mass is 10.0. The van der Waals surface area contributed by atoms with E-state index in [0.29, 0.717) is 19.3 Å². The zero-order valence-electron chi connectivity index (χ0n) is 50.2. The summed E-state index contributed by atoms with van der Waals surface area (Å²) >= 11 is 0. The van der Waals surface area contributed by atoms with Crippen LogP contribution < -0.4 is 0 Å². The Kier molecular flexibility index (Phi) is 60.8. The summed E-state index contributed by atoms with van der Waals surface area (Å²) in [5.74, 6) is -0.951. The number of hydrogen-bond donors (Lipinski definition) is 0. The van der Waals surface area contributed by atoms with Crippen LogP contribution in [0.4, 0.5) is 0 Å². The fraction of sp³-hybridized carbons (Fsp3) is 0.676. The Labute approximate surface area is 475 Å². The minimum absolute atomic E-state index is 0.0938. The summed E-state index contributed by atoms with van der Waals surface area (Å²) in [6.45, 7) is 6.40. The molecule has 0 aromatic carbocycles. The minimum Gasteiger partial charge on any atom is -0.462 e. The van der Waals surface area contributed by atoms with Crippen LogP contribution in [-0.2, 0) is 28.6 Å². The van der Waals surface area contributed by atoms with Gasteiger partial charge in [0.15, 0.2) is 6.10 Å². The van der Waals surface area contributed by atoms with Gasteiger partial charge >= 0.3 is 17.9 Å². The van der Waals surface area contributed by atoms with Crippen molar-refractivity contribution in [2.24, 2.45) is 0 Å². The van der Waals surface area contributed by atoms with E-state index in [0.717, 1.165) is 128 Å². The molecular weight excluding hydrogens is 949 g/mol. The molecule has 438 valence electrons. The smallest absolute Gasteiger partial charge is 0.306 e. The van der Waals surface area contributed by atoms with Gasteiger partial charge < -0.3 is 14.2 Å². The lowest BCUT2D eigenvalue weighted by Gasteiger charge is -2.18. The van der Waals surface area contributed by atoms with E-state index < -0.39 is 6.10 Å². The molecule has 6 heteroatoms. The molecule has 0 heterocycles. The molecule has 0 radical (unpaired) electrons. The first-order chi connectivity index (χ1) is 38.0. The van der Waals surface area contributed by atoms with E-state index in [1.165, 1.54) is 122 Å². The van der Waals surface area contributed by atoms with Gasteiger partial charge in [0.2, 0.25) is 0 Å². The first kappa shape index (κ1) is 72.8. The Hall–Kier alpha value is -4.19. The molecule has 0 rings (SSSR count). The minimum atomic E-state index is -0.796. The normalized spacial score (nSPS) is 12.9. The van der Waals surface area contributed by atoms with Gasteiger partial charge in [0.25, 0.3) is 0 Å². The standard InChI is InChI=1S/C71H118O6/c1-4-7-10-13-15-17-19-21-23-25-27-29-31-33-35-37-39-41-43-45-47-49-51-53-55-58-61-64-70(73)76-67-68(66-75-69(72)63-60-57-12-9-6-3)77-71(74)65-62-59-56-54-52-50-48-46-44-42-40-38-36-34-32-30-28-26-24-22-20-18-16-14-11-8-5-2/h7,10,15,17,20-23,26-29,33,35,39,41,45,47,51,53,68H,4-6,8-9,11-14,16,18-19,24-25,30-32,34,36-38,40,42-44,46,48-50,52,54-67H2,1-3H3/b10-7-,17-15-,22-20-,23-21-,28-26-,29-27-,35-33-,41-39-,47-45-,53-51-. The van der Waals surface area contributed by atoms with E-state index in [4.69, 9.17) is 14.2 Å². The number of allylic oxidation sites excluding steroid dienone is 20. The van der Waals surface area contributed by atoms with Gasteiger partial charge in [0.05, 0.1) is 0 Å². The van der Waals surface area contributed by atoms with Crippen molar-refractivity contribution in [3.05, 3.63) is 122 Å². The Bertz CT molecular complexity index is 1600. The molecule has 0 aromatic rings. The summed E-state index contributed by atoms with van der Waals surface area (Å²) in [5.41, 5.74) is 0. The van der Waals surface area contributed by atoms with Crippen molar-refractivity contribution < 1.29 is 28.6 Å². The summed E-state index contributed by atoms with van der Waals surface area (Å²) in [5, 5.41) is 0.